The van der Waals surface area contributed by atoms with Crippen LogP contribution in [-0.4, -0.2) is 51.3 Å². The Balaban J connectivity index is 2.58. The van der Waals surface area contributed by atoms with E-state index in [2.05, 4.69) is 121 Å². The van der Waals surface area contributed by atoms with Gasteiger partial charge in [-0.2, -0.15) is 0 Å². The van der Waals surface area contributed by atoms with Gasteiger partial charge in [-0.3, -0.25) is 9.59 Å². The minimum absolute atomic E-state index is 0.208. The Kier molecular flexibility index (Phi) is 11.4. The Morgan fingerprint density at radius 2 is 1.02 bits per heavy atom. The molecule has 6 nitrogen and oxygen atoms in total. The number of carbonyl (C=O) groups excluding carboxylic acids is 1. The van der Waals surface area contributed by atoms with Crippen LogP contribution in [0, 0.1) is 0 Å². The maximum atomic E-state index is 12.7. The van der Waals surface area contributed by atoms with Crippen LogP contribution in [0.4, 0.5) is 0 Å². The quantitative estimate of drug-likeness (QED) is 0.208. The summed E-state index contributed by atoms with van der Waals surface area (Å²) in [6.07, 6.45) is 0. The summed E-state index contributed by atoms with van der Waals surface area (Å²) in [5.41, 5.74) is 2.92. The zero-order chi connectivity index (χ0) is 34.2. The molecule has 0 spiro atoms. The molecule has 0 aliphatic rings. The van der Waals surface area contributed by atoms with Crippen LogP contribution in [0.25, 0.3) is 0 Å². The molecule has 2 N–H and O–H groups in total. The molecule has 0 atom stereocenters. The molecule has 0 heterocycles. The predicted octanol–water partition coefficient (Wildman–Crippen LogP) is 9.12. The summed E-state index contributed by atoms with van der Waals surface area (Å²) < 4.78 is 5.99. The number of benzene rings is 2. The molecule has 0 radical (unpaired) electrons. The molecular weight excluding hydrogens is 591 g/mol. The second-order valence-corrected chi connectivity index (χ2v) is 19.9. The lowest BCUT2D eigenvalue weighted by Crippen LogP contribution is -2.36. The number of phenols is 1. The van der Waals surface area contributed by atoms with Gasteiger partial charge in [0.2, 0.25) is 0 Å². The maximum absolute atomic E-state index is 12.7. The second kappa shape index (κ2) is 13.2. The first-order chi connectivity index (χ1) is 19.6. The Bertz CT molecular complexity index is 1300. The van der Waals surface area contributed by atoms with Gasteiger partial charge in [-0.25, -0.2) is 0 Å². The zero-order valence-electron chi connectivity index (χ0n) is 29.6. The highest BCUT2D eigenvalue weighted by Crippen LogP contribution is 2.51. The van der Waals surface area contributed by atoms with Gasteiger partial charge in [0.05, 0.1) is 4.08 Å². The van der Waals surface area contributed by atoms with Gasteiger partial charge in [0, 0.05) is 39.1 Å². The largest absolute Gasteiger partial charge is 0.507 e. The Morgan fingerprint density at radius 1 is 0.682 bits per heavy atom. The first-order valence-electron chi connectivity index (χ1n) is 15.2. The predicted molar refractivity (Wildman–Crippen MR) is 186 cm³/mol. The van der Waals surface area contributed by atoms with Crippen molar-refractivity contribution in [2.45, 2.75) is 132 Å². The summed E-state index contributed by atoms with van der Waals surface area (Å²) in [5, 5.41) is 20.3. The number of aromatic hydroxyl groups is 1. The number of hydrogen-bond acceptors (Lipinski definition) is 6. The van der Waals surface area contributed by atoms with Crippen LogP contribution in [0.5, 0.6) is 11.5 Å². The van der Waals surface area contributed by atoms with Crippen molar-refractivity contribution in [3.63, 3.8) is 0 Å². The van der Waals surface area contributed by atoms with Crippen molar-refractivity contribution in [2.24, 2.45) is 0 Å². The third kappa shape index (κ3) is 10.1. The minimum atomic E-state index is -1.06. The number of carboxylic acids is 1. The highest BCUT2D eigenvalue weighted by Gasteiger charge is 2.32. The van der Waals surface area contributed by atoms with Crippen LogP contribution in [0.3, 0.4) is 0 Å². The van der Waals surface area contributed by atoms with Crippen LogP contribution in [0.2, 0.25) is 0 Å². The molecule has 0 bridgehead atoms. The second-order valence-electron chi connectivity index (χ2n) is 16.3. The van der Waals surface area contributed by atoms with Crippen molar-refractivity contribution in [2.75, 3.05) is 20.2 Å². The number of thioether (sulfide) groups is 2. The molecule has 0 saturated carbocycles. The minimum Gasteiger partial charge on any atom is -0.507 e. The normalized spacial score (nSPS) is 13.2. The van der Waals surface area contributed by atoms with Crippen molar-refractivity contribution in [1.82, 2.24) is 4.90 Å². The number of aliphatic carboxylic acids is 1. The van der Waals surface area contributed by atoms with Crippen LogP contribution < -0.4 is 4.74 Å². The average Bonchev–Trinajstić information content (AvgIpc) is 2.79. The fraction of sp³-hybridized carbons (Fsp3) is 0.611. The fourth-order valence-electron chi connectivity index (χ4n) is 4.86. The standard InChI is InChI=1S/C36H55NO5S2/c1-32(2,3)24-16-22(17-25(30(24)41)33(4,5)6)43-36(13,14)44-23-18-26(34(7,8)9)31(27(19-23)35(10,11)12)42-21-28(38)37(15)20-29(39)40/h16-19,41H,20-21H2,1-15H3,(H,39,40). The summed E-state index contributed by atoms with van der Waals surface area (Å²) >= 11 is 3.57. The maximum Gasteiger partial charge on any atom is 0.323 e. The van der Waals surface area contributed by atoms with Gasteiger partial charge in [-0.05, 0) is 59.8 Å². The molecule has 8 heteroatoms. The van der Waals surface area contributed by atoms with E-state index in [-0.39, 0.29) is 44.8 Å². The molecule has 1 amide bonds. The van der Waals surface area contributed by atoms with Crippen molar-refractivity contribution < 1.29 is 24.5 Å². The number of carboxylic acid groups (broad SMARTS) is 1. The molecule has 2 rings (SSSR count). The number of carbonyl (C=O) groups is 2. The van der Waals surface area contributed by atoms with E-state index in [0.717, 1.165) is 32.0 Å². The number of ether oxygens (including phenoxy) is 1. The van der Waals surface area contributed by atoms with E-state index in [4.69, 9.17) is 9.84 Å². The van der Waals surface area contributed by atoms with E-state index in [1.54, 1.807) is 23.5 Å². The van der Waals surface area contributed by atoms with Crippen LogP contribution in [-0.2, 0) is 31.2 Å². The molecule has 0 aliphatic carbocycles. The van der Waals surface area contributed by atoms with Gasteiger partial charge in [0.15, 0.2) is 6.61 Å². The molecule has 0 aliphatic heterocycles. The summed E-state index contributed by atoms with van der Waals surface area (Å²) in [5.74, 6) is -0.390. The average molecular weight is 646 g/mol. The van der Waals surface area contributed by atoms with E-state index in [0.29, 0.717) is 11.5 Å². The third-order valence-electron chi connectivity index (χ3n) is 7.24. The van der Waals surface area contributed by atoms with Gasteiger partial charge in [0.25, 0.3) is 5.91 Å². The molecule has 2 aromatic rings. The first kappa shape index (κ1) is 37.9. The number of nitrogens with zero attached hydrogens (tertiary/aromatic N) is 1. The third-order valence-corrected chi connectivity index (χ3v) is 9.67. The number of amides is 1. The molecule has 44 heavy (non-hydrogen) atoms. The van der Waals surface area contributed by atoms with E-state index >= 15 is 0 Å². The van der Waals surface area contributed by atoms with Crippen molar-refractivity contribution in [3.8, 4) is 11.5 Å². The lowest BCUT2D eigenvalue weighted by molar-refractivity contribution is -0.144. The van der Waals surface area contributed by atoms with Crippen molar-refractivity contribution >= 4 is 35.4 Å². The van der Waals surface area contributed by atoms with Gasteiger partial charge >= 0.3 is 5.97 Å². The Morgan fingerprint density at radius 3 is 1.34 bits per heavy atom. The molecule has 2 aromatic carbocycles. The summed E-state index contributed by atoms with van der Waals surface area (Å²) in [6, 6.07) is 8.60. The first-order valence-corrected chi connectivity index (χ1v) is 16.8. The fourth-order valence-corrected chi connectivity index (χ4v) is 7.45. The topological polar surface area (TPSA) is 87.1 Å². The van der Waals surface area contributed by atoms with Gasteiger partial charge in [-0.1, -0.05) is 83.1 Å². The molecule has 0 saturated heterocycles. The molecule has 0 fully saturated rings. The molecule has 0 aromatic heterocycles. The molecular formula is C36H55NO5S2. The number of phenolic OH excluding ortho intramolecular Hbond substituents is 1. The number of rotatable bonds is 9. The smallest absolute Gasteiger partial charge is 0.323 e. The van der Waals surface area contributed by atoms with E-state index < -0.39 is 5.97 Å². The summed E-state index contributed by atoms with van der Waals surface area (Å²) in [6.45, 7) is 29.4. The lowest BCUT2D eigenvalue weighted by Gasteiger charge is -2.32. The monoisotopic (exact) mass is 645 g/mol. The molecule has 0 unspecified atom stereocenters. The lowest BCUT2D eigenvalue weighted by atomic mass is 9.79. The van der Waals surface area contributed by atoms with Crippen molar-refractivity contribution in [1.29, 1.82) is 0 Å². The number of hydrogen-bond donors (Lipinski definition) is 2. The highest BCUT2D eigenvalue weighted by atomic mass is 32.2. The van der Waals surface area contributed by atoms with Crippen LogP contribution in [0.15, 0.2) is 34.1 Å². The van der Waals surface area contributed by atoms with E-state index in [1.165, 1.54) is 11.9 Å². The highest BCUT2D eigenvalue weighted by molar-refractivity contribution is 8.18. The molecule has 246 valence electrons. The van der Waals surface area contributed by atoms with E-state index in [1.807, 2.05) is 0 Å². The van der Waals surface area contributed by atoms with Gasteiger partial charge < -0.3 is 19.8 Å². The Labute approximate surface area is 274 Å². The van der Waals surface area contributed by atoms with Gasteiger partial charge in [0.1, 0.15) is 18.0 Å². The van der Waals surface area contributed by atoms with E-state index in [9.17, 15) is 14.7 Å². The summed E-state index contributed by atoms with van der Waals surface area (Å²) in [4.78, 5) is 27.2. The number of likely N-dealkylation sites (N-methyl/N-ethyl adjacent to an activating group) is 1. The van der Waals surface area contributed by atoms with Gasteiger partial charge in [-0.15, -0.1) is 23.5 Å². The van der Waals surface area contributed by atoms with Crippen LogP contribution >= 0.6 is 23.5 Å². The summed E-state index contributed by atoms with van der Waals surface area (Å²) in [7, 11) is 1.47. The van der Waals surface area contributed by atoms with Crippen LogP contribution in [0.1, 0.15) is 119 Å². The zero-order valence-corrected chi connectivity index (χ0v) is 31.2. The SMILES string of the molecule is CN(CC(=O)O)C(=O)COc1c(C(C)(C)C)cc(SC(C)(C)Sc2cc(C(C)(C)C)c(O)c(C(C)(C)C)c2)cc1C(C)(C)C. The van der Waals surface area contributed by atoms with Crippen molar-refractivity contribution in [3.05, 3.63) is 46.5 Å². The Hall–Kier alpha value is -2.32.